The van der Waals surface area contributed by atoms with Crippen molar-refractivity contribution < 1.29 is 9.59 Å². The first-order valence-electron chi connectivity index (χ1n) is 12.7. The van der Waals surface area contributed by atoms with Gasteiger partial charge in [-0.2, -0.15) is 0 Å². The predicted octanol–water partition coefficient (Wildman–Crippen LogP) is 5.47. The SMILES string of the molecule is CCC(=O)Nc1ccc(N2CCC(Cc3ccccc3)CC2)c(C(=O)NCCc2ccccc2)c1. The summed E-state index contributed by atoms with van der Waals surface area (Å²) in [5.41, 5.74) is 4.80. The standard InChI is InChI=1S/C30H35N3O2/c1-2-29(34)32-26-13-14-28(27(22-26)30(35)31-18-15-23-9-5-3-6-10-23)33-19-16-25(17-20-33)21-24-11-7-4-8-12-24/h3-14,22,25H,2,15-21H2,1H3,(H,31,35)(H,32,34). The maximum atomic E-state index is 13.3. The summed E-state index contributed by atoms with van der Waals surface area (Å²) in [4.78, 5) is 27.5. The molecule has 1 aliphatic rings. The number of rotatable bonds is 9. The first-order chi connectivity index (χ1) is 17.1. The summed E-state index contributed by atoms with van der Waals surface area (Å²) in [5, 5.41) is 5.98. The monoisotopic (exact) mass is 469 g/mol. The van der Waals surface area contributed by atoms with E-state index in [0.717, 1.165) is 44.5 Å². The van der Waals surface area contributed by atoms with Gasteiger partial charge in [0.15, 0.2) is 0 Å². The fraction of sp³-hybridized carbons (Fsp3) is 0.333. The summed E-state index contributed by atoms with van der Waals surface area (Å²) in [6.45, 7) is 4.22. The smallest absolute Gasteiger partial charge is 0.253 e. The summed E-state index contributed by atoms with van der Waals surface area (Å²) < 4.78 is 0. The Kier molecular flexibility index (Phi) is 8.55. The molecule has 2 N–H and O–H groups in total. The third kappa shape index (κ3) is 6.95. The van der Waals surface area contributed by atoms with Crippen LogP contribution in [0.3, 0.4) is 0 Å². The van der Waals surface area contributed by atoms with Gasteiger partial charge in [0, 0.05) is 37.4 Å². The van der Waals surface area contributed by atoms with Gasteiger partial charge in [-0.15, -0.1) is 0 Å². The lowest BCUT2D eigenvalue weighted by atomic mass is 9.89. The Balaban J connectivity index is 1.44. The maximum absolute atomic E-state index is 13.3. The quantitative estimate of drug-likeness (QED) is 0.437. The molecule has 1 aliphatic heterocycles. The van der Waals surface area contributed by atoms with E-state index in [1.165, 1.54) is 11.1 Å². The number of carbonyl (C=O) groups excluding carboxylic acids is 2. The van der Waals surface area contributed by atoms with Crippen LogP contribution in [-0.2, 0) is 17.6 Å². The lowest BCUT2D eigenvalue weighted by molar-refractivity contribution is -0.115. The van der Waals surface area contributed by atoms with Crippen LogP contribution in [0, 0.1) is 5.92 Å². The highest BCUT2D eigenvalue weighted by Crippen LogP contribution is 2.30. The molecule has 0 saturated carbocycles. The minimum Gasteiger partial charge on any atom is -0.371 e. The van der Waals surface area contributed by atoms with Gasteiger partial charge in [-0.3, -0.25) is 9.59 Å². The molecule has 0 spiro atoms. The van der Waals surface area contributed by atoms with Crippen LogP contribution in [0.1, 0.15) is 47.7 Å². The minimum atomic E-state index is -0.102. The lowest BCUT2D eigenvalue weighted by Crippen LogP contribution is -2.36. The number of nitrogens with zero attached hydrogens (tertiary/aromatic N) is 1. The van der Waals surface area contributed by atoms with Crippen molar-refractivity contribution in [2.75, 3.05) is 29.9 Å². The van der Waals surface area contributed by atoms with Crippen molar-refractivity contribution in [2.24, 2.45) is 5.92 Å². The van der Waals surface area contributed by atoms with Gasteiger partial charge in [-0.1, -0.05) is 67.6 Å². The molecule has 3 aromatic carbocycles. The fourth-order valence-corrected chi connectivity index (χ4v) is 4.71. The molecule has 4 rings (SSSR count). The van der Waals surface area contributed by atoms with Crippen molar-refractivity contribution in [2.45, 2.75) is 39.0 Å². The summed E-state index contributed by atoms with van der Waals surface area (Å²) in [6.07, 6.45) is 4.47. The van der Waals surface area contributed by atoms with Gasteiger partial charge < -0.3 is 15.5 Å². The molecule has 0 aromatic heterocycles. The minimum absolute atomic E-state index is 0.0603. The maximum Gasteiger partial charge on any atom is 0.253 e. The summed E-state index contributed by atoms with van der Waals surface area (Å²) in [5.74, 6) is 0.491. The van der Waals surface area contributed by atoms with Crippen LogP contribution in [0.25, 0.3) is 0 Å². The van der Waals surface area contributed by atoms with E-state index in [1.54, 1.807) is 0 Å². The summed E-state index contributed by atoms with van der Waals surface area (Å²) in [7, 11) is 0. The van der Waals surface area contributed by atoms with Crippen LogP contribution in [0.5, 0.6) is 0 Å². The van der Waals surface area contributed by atoms with E-state index in [4.69, 9.17) is 0 Å². The number of carbonyl (C=O) groups is 2. The number of piperidine rings is 1. The molecule has 0 atom stereocenters. The van der Waals surface area contributed by atoms with Gasteiger partial charge in [-0.05, 0) is 60.9 Å². The van der Waals surface area contributed by atoms with Crippen LogP contribution in [-0.4, -0.2) is 31.4 Å². The van der Waals surface area contributed by atoms with E-state index in [2.05, 4.69) is 58.0 Å². The Labute approximate surface area is 208 Å². The Morgan fingerprint density at radius 2 is 1.54 bits per heavy atom. The van der Waals surface area contributed by atoms with Gasteiger partial charge >= 0.3 is 0 Å². The normalized spacial score (nSPS) is 13.9. The van der Waals surface area contributed by atoms with Crippen molar-refractivity contribution in [3.05, 3.63) is 95.6 Å². The molecule has 1 saturated heterocycles. The van der Waals surface area contributed by atoms with Crippen LogP contribution < -0.4 is 15.5 Å². The Bertz CT molecular complexity index is 1110. The topological polar surface area (TPSA) is 61.4 Å². The number of benzene rings is 3. The summed E-state index contributed by atoms with van der Waals surface area (Å²) >= 11 is 0. The van der Waals surface area contributed by atoms with Crippen molar-refractivity contribution in [3.63, 3.8) is 0 Å². The molecule has 1 heterocycles. The molecule has 0 aliphatic carbocycles. The largest absolute Gasteiger partial charge is 0.371 e. The van der Waals surface area contributed by atoms with Gasteiger partial charge in [0.05, 0.1) is 5.56 Å². The van der Waals surface area contributed by atoms with Gasteiger partial charge in [0.25, 0.3) is 5.91 Å². The Morgan fingerprint density at radius 3 is 2.20 bits per heavy atom. The molecule has 0 unspecified atom stereocenters. The van der Waals surface area contributed by atoms with Crippen molar-refractivity contribution in [1.29, 1.82) is 0 Å². The molecule has 5 heteroatoms. The molecule has 2 amide bonds. The Morgan fingerprint density at radius 1 is 0.886 bits per heavy atom. The van der Waals surface area contributed by atoms with E-state index >= 15 is 0 Å². The molecular weight excluding hydrogens is 434 g/mol. The first-order valence-corrected chi connectivity index (χ1v) is 12.7. The zero-order valence-corrected chi connectivity index (χ0v) is 20.5. The van der Waals surface area contributed by atoms with Crippen LogP contribution in [0.15, 0.2) is 78.9 Å². The second-order valence-corrected chi connectivity index (χ2v) is 9.25. The fourth-order valence-electron chi connectivity index (χ4n) is 4.71. The number of anilines is 2. The van der Waals surface area contributed by atoms with Crippen LogP contribution >= 0.6 is 0 Å². The van der Waals surface area contributed by atoms with E-state index in [1.807, 2.05) is 43.3 Å². The van der Waals surface area contributed by atoms with E-state index < -0.39 is 0 Å². The van der Waals surface area contributed by atoms with Crippen molar-refractivity contribution in [3.8, 4) is 0 Å². The van der Waals surface area contributed by atoms with Crippen molar-refractivity contribution in [1.82, 2.24) is 5.32 Å². The molecule has 3 aromatic rings. The zero-order valence-electron chi connectivity index (χ0n) is 20.5. The average Bonchev–Trinajstić information content (AvgIpc) is 2.90. The number of amides is 2. The molecule has 182 valence electrons. The lowest BCUT2D eigenvalue weighted by Gasteiger charge is -2.35. The average molecular weight is 470 g/mol. The third-order valence-electron chi connectivity index (χ3n) is 6.71. The van der Waals surface area contributed by atoms with Crippen molar-refractivity contribution >= 4 is 23.2 Å². The molecule has 35 heavy (non-hydrogen) atoms. The number of hydrogen-bond donors (Lipinski definition) is 2. The third-order valence-corrected chi connectivity index (χ3v) is 6.71. The molecule has 0 bridgehead atoms. The van der Waals surface area contributed by atoms with Gasteiger partial charge in [0.1, 0.15) is 0 Å². The highest BCUT2D eigenvalue weighted by molar-refractivity contribution is 6.02. The number of nitrogens with one attached hydrogen (secondary N) is 2. The van der Waals surface area contributed by atoms with E-state index in [-0.39, 0.29) is 11.8 Å². The Hall–Kier alpha value is -3.60. The van der Waals surface area contributed by atoms with E-state index in [9.17, 15) is 9.59 Å². The zero-order chi connectivity index (χ0) is 24.5. The molecule has 5 nitrogen and oxygen atoms in total. The first kappa shape index (κ1) is 24.5. The van der Waals surface area contributed by atoms with E-state index in [0.29, 0.717) is 30.1 Å². The molecular formula is C30H35N3O2. The number of hydrogen-bond acceptors (Lipinski definition) is 3. The van der Waals surface area contributed by atoms with Gasteiger partial charge in [0.2, 0.25) is 5.91 Å². The second-order valence-electron chi connectivity index (χ2n) is 9.25. The highest BCUT2D eigenvalue weighted by atomic mass is 16.2. The highest BCUT2D eigenvalue weighted by Gasteiger charge is 2.23. The predicted molar refractivity (Wildman–Crippen MR) is 143 cm³/mol. The second kappa shape index (κ2) is 12.2. The molecule has 0 radical (unpaired) electrons. The van der Waals surface area contributed by atoms with Crippen LogP contribution in [0.4, 0.5) is 11.4 Å². The van der Waals surface area contributed by atoms with Crippen LogP contribution in [0.2, 0.25) is 0 Å². The molecule has 1 fully saturated rings. The summed E-state index contributed by atoms with van der Waals surface area (Å²) in [6, 6.07) is 26.5. The van der Waals surface area contributed by atoms with Gasteiger partial charge in [-0.25, -0.2) is 0 Å².